The molecule has 1 fully saturated rings. The third kappa shape index (κ3) is 5.52. The molecule has 0 spiro atoms. The first-order valence-corrected chi connectivity index (χ1v) is 11.9. The molecule has 0 amide bonds. The van der Waals surface area contributed by atoms with E-state index >= 15 is 0 Å². The molecule has 0 aliphatic heterocycles. The van der Waals surface area contributed by atoms with Crippen molar-refractivity contribution in [2.75, 3.05) is 0 Å². The van der Waals surface area contributed by atoms with Crippen LogP contribution >= 0.6 is 21.6 Å². The summed E-state index contributed by atoms with van der Waals surface area (Å²) in [5, 5.41) is 10.9. The first-order valence-electron chi connectivity index (χ1n) is 9.70. The largest absolute Gasteiger partial charge is 0.301 e. The Morgan fingerprint density at radius 1 is 1.00 bits per heavy atom. The van der Waals surface area contributed by atoms with Gasteiger partial charge in [0.2, 0.25) is 5.16 Å². The standard InChI is InChI=1S/C20H29N3S2/c1-2-3-4-11-16-23-19(17-12-7-5-8-13-17)21-22-20(23)25-24-18-14-9-6-10-15-18/h5,7-8,12-13,18H,2-4,6,9-11,14-16H2,1H3. The number of hydrogen-bond acceptors (Lipinski definition) is 4. The highest BCUT2D eigenvalue weighted by molar-refractivity contribution is 8.76. The van der Waals surface area contributed by atoms with Gasteiger partial charge >= 0.3 is 0 Å². The van der Waals surface area contributed by atoms with Crippen LogP contribution < -0.4 is 0 Å². The van der Waals surface area contributed by atoms with Crippen molar-refractivity contribution < 1.29 is 0 Å². The molecular weight excluding hydrogens is 346 g/mol. The van der Waals surface area contributed by atoms with Gasteiger partial charge in [0.25, 0.3) is 0 Å². The predicted octanol–water partition coefficient (Wildman–Crippen LogP) is 6.60. The SMILES string of the molecule is CCCCCCn1c(SSC2CCCCC2)nnc1-c1ccccc1. The summed E-state index contributed by atoms with van der Waals surface area (Å²) >= 11 is 0. The van der Waals surface area contributed by atoms with Gasteiger partial charge in [0.15, 0.2) is 5.82 Å². The van der Waals surface area contributed by atoms with Crippen LogP contribution in [0.25, 0.3) is 11.4 Å². The number of unbranched alkanes of at least 4 members (excludes halogenated alkanes) is 3. The van der Waals surface area contributed by atoms with Gasteiger partial charge in [0.05, 0.1) is 0 Å². The second-order valence-corrected chi connectivity index (χ2v) is 9.29. The number of nitrogens with zero attached hydrogens (tertiary/aromatic N) is 3. The van der Waals surface area contributed by atoms with Crippen molar-refractivity contribution in [3.8, 4) is 11.4 Å². The molecule has 3 rings (SSSR count). The molecule has 25 heavy (non-hydrogen) atoms. The van der Waals surface area contributed by atoms with Crippen LogP contribution in [0.5, 0.6) is 0 Å². The van der Waals surface area contributed by atoms with Gasteiger partial charge in [0, 0.05) is 17.4 Å². The average molecular weight is 376 g/mol. The van der Waals surface area contributed by atoms with Crippen LogP contribution in [0.1, 0.15) is 64.7 Å². The summed E-state index contributed by atoms with van der Waals surface area (Å²) in [6, 6.07) is 10.5. The molecule has 0 saturated heterocycles. The maximum Gasteiger partial charge on any atom is 0.202 e. The van der Waals surface area contributed by atoms with Crippen LogP contribution in [0, 0.1) is 0 Å². The molecule has 1 aromatic heterocycles. The van der Waals surface area contributed by atoms with Crippen molar-refractivity contribution in [1.82, 2.24) is 14.8 Å². The number of hydrogen-bond donors (Lipinski definition) is 0. The fourth-order valence-corrected chi connectivity index (χ4v) is 6.03. The lowest BCUT2D eigenvalue weighted by atomic mass is 10.0. The molecule has 2 aromatic rings. The molecule has 0 radical (unpaired) electrons. The average Bonchev–Trinajstić information content (AvgIpc) is 3.08. The molecule has 0 N–H and O–H groups in total. The molecule has 0 bridgehead atoms. The lowest BCUT2D eigenvalue weighted by molar-refractivity contribution is 0.517. The minimum Gasteiger partial charge on any atom is -0.301 e. The van der Waals surface area contributed by atoms with E-state index in [1.165, 1.54) is 63.4 Å². The summed E-state index contributed by atoms with van der Waals surface area (Å²) in [5.41, 5.74) is 1.17. The molecule has 136 valence electrons. The molecule has 3 nitrogen and oxygen atoms in total. The van der Waals surface area contributed by atoms with E-state index in [2.05, 4.69) is 52.0 Å². The van der Waals surface area contributed by atoms with E-state index in [0.29, 0.717) is 0 Å². The summed E-state index contributed by atoms with van der Waals surface area (Å²) in [7, 11) is 3.85. The maximum atomic E-state index is 4.53. The zero-order chi connectivity index (χ0) is 17.3. The van der Waals surface area contributed by atoms with Gasteiger partial charge in [-0.2, -0.15) is 0 Å². The predicted molar refractivity (Wildman–Crippen MR) is 110 cm³/mol. The Bertz CT molecular complexity index is 621. The molecule has 0 unspecified atom stereocenters. The highest BCUT2D eigenvalue weighted by Crippen LogP contribution is 2.40. The monoisotopic (exact) mass is 375 g/mol. The second-order valence-electron chi connectivity index (χ2n) is 6.82. The van der Waals surface area contributed by atoms with Crippen molar-refractivity contribution in [3.63, 3.8) is 0 Å². The molecule has 5 heteroatoms. The first-order chi connectivity index (χ1) is 12.4. The Labute approximate surface area is 159 Å². The number of rotatable bonds is 9. The van der Waals surface area contributed by atoms with Gasteiger partial charge in [-0.3, -0.25) is 0 Å². The topological polar surface area (TPSA) is 30.7 Å². The van der Waals surface area contributed by atoms with E-state index < -0.39 is 0 Å². The quantitative estimate of drug-likeness (QED) is 0.365. The summed E-state index contributed by atoms with van der Waals surface area (Å²) in [6.07, 6.45) is 12.0. The van der Waals surface area contributed by atoms with Crippen LogP contribution in [0.3, 0.4) is 0 Å². The van der Waals surface area contributed by atoms with Crippen LogP contribution in [-0.2, 0) is 6.54 Å². The molecular formula is C20H29N3S2. The van der Waals surface area contributed by atoms with Gasteiger partial charge in [-0.25, -0.2) is 0 Å². The van der Waals surface area contributed by atoms with E-state index in [1.807, 2.05) is 21.6 Å². The number of benzene rings is 1. The summed E-state index contributed by atoms with van der Waals surface area (Å²) < 4.78 is 2.34. The first kappa shape index (κ1) is 18.8. The summed E-state index contributed by atoms with van der Waals surface area (Å²) in [6.45, 7) is 3.28. The fraction of sp³-hybridized carbons (Fsp3) is 0.600. The maximum absolute atomic E-state index is 4.53. The second kappa shape index (κ2) is 10.3. The van der Waals surface area contributed by atoms with Crippen LogP contribution in [-0.4, -0.2) is 20.0 Å². The third-order valence-corrected chi connectivity index (χ3v) is 7.64. The molecule has 0 atom stereocenters. The Kier molecular flexibility index (Phi) is 7.74. The van der Waals surface area contributed by atoms with Crippen molar-refractivity contribution in [3.05, 3.63) is 30.3 Å². The minimum absolute atomic E-state index is 0.782. The van der Waals surface area contributed by atoms with Crippen LogP contribution in [0.2, 0.25) is 0 Å². The van der Waals surface area contributed by atoms with Crippen molar-refractivity contribution in [2.24, 2.45) is 0 Å². The Morgan fingerprint density at radius 3 is 2.56 bits per heavy atom. The fourth-order valence-electron chi connectivity index (χ4n) is 3.32. The van der Waals surface area contributed by atoms with E-state index in [9.17, 15) is 0 Å². The van der Waals surface area contributed by atoms with E-state index in [4.69, 9.17) is 0 Å². The lowest BCUT2D eigenvalue weighted by Crippen LogP contribution is -2.07. The Hall–Kier alpha value is -0.940. The lowest BCUT2D eigenvalue weighted by Gasteiger charge is -2.20. The van der Waals surface area contributed by atoms with Gasteiger partial charge < -0.3 is 4.57 Å². The Balaban J connectivity index is 1.70. The van der Waals surface area contributed by atoms with Gasteiger partial charge in [-0.15, -0.1) is 10.2 Å². The number of aromatic nitrogens is 3. The summed E-state index contributed by atoms with van der Waals surface area (Å²) in [5.74, 6) is 1.02. The van der Waals surface area contributed by atoms with Gasteiger partial charge in [0.1, 0.15) is 0 Å². The van der Waals surface area contributed by atoms with Crippen molar-refractivity contribution >= 4 is 21.6 Å². The molecule has 1 aliphatic carbocycles. The van der Waals surface area contributed by atoms with E-state index in [0.717, 1.165) is 22.8 Å². The van der Waals surface area contributed by atoms with Gasteiger partial charge in [-0.1, -0.05) is 86.6 Å². The smallest absolute Gasteiger partial charge is 0.202 e. The van der Waals surface area contributed by atoms with E-state index in [1.54, 1.807) is 0 Å². The third-order valence-electron chi connectivity index (χ3n) is 4.80. The summed E-state index contributed by atoms with van der Waals surface area (Å²) in [4.78, 5) is 0. The van der Waals surface area contributed by atoms with E-state index in [-0.39, 0.29) is 0 Å². The Morgan fingerprint density at radius 2 is 1.80 bits per heavy atom. The highest BCUT2D eigenvalue weighted by Gasteiger charge is 2.18. The zero-order valence-electron chi connectivity index (χ0n) is 15.2. The minimum atomic E-state index is 0.782. The van der Waals surface area contributed by atoms with Crippen LogP contribution in [0.15, 0.2) is 35.5 Å². The normalized spacial score (nSPS) is 15.6. The molecule has 1 heterocycles. The van der Waals surface area contributed by atoms with Gasteiger partial charge in [-0.05, 0) is 30.1 Å². The highest BCUT2D eigenvalue weighted by atomic mass is 33.1. The molecule has 1 aliphatic rings. The molecule has 1 aromatic carbocycles. The zero-order valence-corrected chi connectivity index (χ0v) is 16.8. The van der Waals surface area contributed by atoms with Crippen molar-refractivity contribution in [1.29, 1.82) is 0 Å². The van der Waals surface area contributed by atoms with Crippen molar-refractivity contribution in [2.45, 2.75) is 81.7 Å². The van der Waals surface area contributed by atoms with Crippen LogP contribution in [0.4, 0.5) is 0 Å². The molecule has 1 saturated carbocycles.